The summed E-state index contributed by atoms with van der Waals surface area (Å²) in [4.78, 5) is 8.31. The van der Waals surface area contributed by atoms with Gasteiger partial charge in [-0.3, -0.25) is 0 Å². The van der Waals surface area contributed by atoms with Crippen molar-refractivity contribution >= 4 is 16.5 Å². The van der Waals surface area contributed by atoms with Crippen LogP contribution in [0.1, 0.15) is 49.1 Å². The highest BCUT2D eigenvalue weighted by Crippen LogP contribution is 2.45. The molecule has 2 aliphatic rings. The van der Waals surface area contributed by atoms with Gasteiger partial charge in [-0.25, -0.2) is 4.98 Å². The van der Waals surface area contributed by atoms with Crippen LogP contribution in [0.4, 0.5) is 5.13 Å². The number of anilines is 1. The average Bonchev–Trinajstić information content (AvgIpc) is 3.36. The minimum Gasteiger partial charge on any atom is -0.391 e. The summed E-state index contributed by atoms with van der Waals surface area (Å²) in [6.07, 6.45) is 5.12. The Hall–Kier alpha value is -0.650. The maximum absolute atomic E-state index is 9.55. The number of ether oxygens (including phenoxy) is 1. The molecule has 1 heterocycles. The van der Waals surface area contributed by atoms with Crippen LogP contribution in [0.25, 0.3) is 0 Å². The summed E-state index contributed by atoms with van der Waals surface area (Å²) < 4.78 is 5.25. The molecule has 0 bridgehead atoms. The minimum absolute atomic E-state index is 0.124. The van der Waals surface area contributed by atoms with Gasteiger partial charge in [-0.05, 0) is 38.5 Å². The fraction of sp³-hybridized carbons (Fsp3) is 0.800. The summed E-state index contributed by atoms with van der Waals surface area (Å²) in [5.41, 5.74) is 1.15. The fourth-order valence-corrected chi connectivity index (χ4v) is 3.88. The van der Waals surface area contributed by atoms with E-state index in [2.05, 4.69) is 11.8 Å². The predicted octanol–water partition coefficient (Wildman–Crippen LogP) is 2.76. The van der Waals surface area contributed by atoms with Gasteiger partial charge in [0.15, 0.2) is 5.13 Å². The van der Waals surface area contributed by atoms with E-state index in [1.54, 1.807) is 18.4 Å². The van der Waals surface area contributed by atoms with Crippen LogP contribution in [0.3, 0.4) is 0 Å². The molecule has 1 unspecified atom stereocenters. The largest absolute Gasteiger partial charge is 0.391 e. The van der Waals surface area contributed by atoms with Gasteiger partial charge in [0.1, 0.15) is 0 Å². The number of aromatic nitrogens is 1. The lowest BCUT2D eigenvalue weighted by molar-refractivity contribution is 0.202. The van der Waals surface area contributed by atoms with Gasteiger partial charge in [0.25, 0.3) is 0 Å². The predicted molar refractivity (Wildman–Crippen MR) is 81.4 cm³/mol. The highest BCUT2D eigenvalue weighted by Gasteiger charge is 2.35. The number of thiazole rings is 1. The molecular formula is C15H24N2O2S. The van der Waals surface area contributed by atoms with Crippen molar-refractivity contribution in [3.8, 4) is 0 Å². The third kappa shape index (κ3) is 3.00. The zero-order valence-corrected chi connectivity index (χ0v) is 13.2. The molecule has 0 saturated heterocycles. The standard InChI is InChI=1S/C15H24N2O2S/c1-10(11-3-4-11)17(7-8-19-2)15-16-14(12-5-6-12)13(9-18)20-15/h10-12,18H,3-9H2,1-2H3. The third-order valence-corrected chi connectivity index (χ3v) is 5.49. The number of rotatable bonds is 8. The van der Waals surface area contributed by atoms with Gasteiger partial charge < -0.3 is 14.7 Å². The Morgan fingerprint density at radius 3 is 2.70 bits per heavy atom. The Morgan fingerprint density at radius 1 is 1.40 bits per heavy atom. The molecule has 3 rings (SSSR count). The molecule has 0 radical (unpaired) electrons. The molecule has 20 heavy (non-hydrogen) atoms. The molecule has 0 amide bonds. The number of hydrogen-bond acceptors (Lipinski definition) is 5. The molecule has 1 aromatic rings. The minimum atomic E-state index is 0.124. The molecule has 112 valence electrons. The molecule has 5 heteroatoms. The molecule has 4 nitrogen and oxygen atoms in total. The Morgan fingerprint density at radius 2 is 2.15 bits per heavy atom. The smallest absolute Gasteiger partial charge is 0.186 e. The van der Waals surface area contributed by atoms with Crippen molar-refractivity contribution in [2.45, 2.75) is 51.2 Å². The van der Waals surface area contributed by atoms with Crippen molar-refractivity contribution in [1.29, 1.82) is 0 Å². The molecule has 2 saturated carbocycles. The van der Waals surface area contributed by atoms with E-state index in [1.165, 1.54) is 25.7 Å². The van der Waals surface area contributed by atoms with E-state index >= 15 is 0 Å². The summed E-state index contributed by atoms with van der Waals surface area (Å²) >= 11 is 1.67. The van der Waals surface area contributed by atoms with Gasteiger partial charge in [0.2, 0.25) is 0 Å². The zero-order chi connectivity index (χ0) is 14.1. The Labute approximate surface area is 124 Å². The van der Waals surface area contributed by atoms with Gasteiger partial charge in [-0.15, -0.1) is 0 Å². The lowest BCUT2D eigenvalue weighted by Crippen LogP contribution is -2.37. The first-order valence-electron chi connectivity index (χ1n) is 7.60. The number of aliphatic hydroxyl groups excluding tert-OH is 1. The van der Waals surface area contributed by atoms with E-state index in [1.807, 2.05) is 0 Å². The van der Waals surface area contributed by atoms with E-state index in [0.29, 0.717) is 12.0 Å². The molecule has 1 aromatic heterocycles. The Balaban J connectivity index is 1.81. The van der Waals surface area contributed by atoms with Crippen molar-refractivity contribution in [3.63, 3.8) is 0 Å². The normalized spacial score (nSPS) is 20.1. The van der Waals surface area contributed by atoms with Crippen molar-refractivity contribution in [2.75, 3.05) is 25.2 Å². The van der Waals surface area contributed by atoms with Crippen LogP contribution in [0.5, 0.6) is 0 Å². The van der Waals surface area contributed by atoms with Gasteiger partial charge >= 0.3 is 0 Å². The highest BCUT2D eigenvalue weighted by molar-refractivity contribution is 7.15. The number of hydrogen-bond donors (Lipinski definition) is 1. The molecule has 1 N–H and O–H groups in total. The van der Waals surface area contributed by atoms with Crippen molar-refractivity contribution in [1.82, 2.24) is 4.98 Å². The maximum Gasteiger partial charge on any atom is 0.186 e. The number of nitrogens with zero attached hydrogens (tertiary/aromatic N) is 2. The van der Waals surface area contributed by atoms with Crippen molar-refractivity contribution < 1.29 is 9.84 Å². The van der Waals surface area contributed by atoms with Crippen LogP contribution in [0.15, 0.2) is 0 Å². The summed E-state index contributed by atoms with van der Waals surface area (Å²) in [7, 11) is 1.75. The van der Waals surface area contributed by atoms with Gasteiger partial charge in [0.05, 0.1) is 23.8 Å². The molecule has 2 fully saturated rings. The fourth-order valence-electron chi connectivity index (χ4n) is 2.76. The molecule has 1 atom stereocenters. The first kappa shape index (κ1) is 14.3. The summed E-state index contributed by atoms with van der Waals surface area (Å²) in [5, 5.41) is 10.6. The lowest BCUT2D eigenvalue weighted by Gasteiger charge is -2.28. The third-order valence-electron chi connectivity index (χ3n) is 4.40. The SMILES string of the molecule is COCCN(c1nc(C2CC2)c(CO)s1)C(C)C1CC1. The van der Waals surface area contributed by atoms with Crippen LogP contribution in [0.2, 0.25) is 0 Å². The Bertz CT molecular complexity index is 455. The van der Waals surface area contributed by atoms with Crippen molar-refractivity contribution in [2.24, 2.45) is 5.92 Å². The second-order valence-electron chi connectivity index (χ2n) is 6.00. The van der Waals surface area contributed by atoms with Crippen LogP contribution in [-0.2, 0) is 11.3 Å². The first-order chi connectivity index (χ1) is 9.74. The van der Waals surface area contributed by atoms with Crippen LogP contribution >= 0.6 is 11.3 Å². The van der Waals surface area contributed by atoms with Gasteiger partial charge in [-0.2, -0.15) is 0 Å². The highest BCUT2D eigenvalue weighted by atomic mass is 32.1. The van der Waals surface area contributed by atoms with E-state index < -0.39 is 0 Å². The molecule has 0 aromatic carbocycles. The van der Waals surface area contributed by atoms with E-state index in [9.17, 15) is 5.11 Å². The summed E-state index contributed by atoms with van der Waals surface area (Å²) in [6, 6.07) is 0.523. The maximum atomic E-state index is 9.55. The Kier molecular flexibility index (Phi) is 4.29. The van der Waals surface area contributed by atoms with Crippen LogP contribution in [0, 0.1) is 5.92 Å². The average molecular weight is 296 g/mol. The zero-order valence-electron chi connectivity index (χ0n) is 12.3. The summed E-state index contributed by atoms with van der Waals surface area (Å²) in [5.74, 6) is 1.40. The van der Waals surface area contributed by atoms with Gasteiger partial charge in [0, 0.05) is 25.6 Å². The number of methoxy groups -OCH3 is 1. The second kappa shape index (κ2) is 6.00. The van der Waals surface area contributed by atoms with E-state index in [-0.39, 0.29) is 6.61 Å². The molecule has 2 aliphatic carbocycles. The molecular weight excluding hydrogens is 272 g/mol. The van der Waals surface area contributed by atoms with Crippen molar-refractivity contribution in [3.05, 3.63) is 10.6 Å². The molecule has 0 spiro atoms. The van der Waals surface area contributed by atoms with Crippen LogP contribution < -0.4 is 4.90 Å². The first-order valence-corrected chi connectivity index (χ1v) is 8.42. The lowest BCUT2D eigenvalue weighted by atomic mass is 10.2. The van der Waals surface area contributed by atoms with E-state index in [0.717, 1.165) is 34.8 Å². The summed E-state index contributed by atoms with van der Waals surface area (Å²) in [6.45, 7) is 4.03. The molecule has 0 aliphatic heterocycles. The van der Waals surface area contributed by atoms with Gasteiger partial charge in [-0.1, -0.05) is 11.3 Å². The second-order valence-corrected chi connectivity index (χ2v) is 7.06. The monoisotopic (exact) mass is 296 g/mol. The van der Waals surface area contributed by atoms with E-state index in [4.69, 9.17) is 9.72 Å². The van der Waals surface area contributed by atoms with Crippen LogP contribution in [-0.4, -0.2) is 36.4 Å². The quantitative estimate of drug-likeness (QED) is 0.801. The topological polar surface area (TPSA) is 45.6 Å². The number of aliphatic hydroxyl groups is 1.